The lowest BCUT2D eigenvalue weighted by atomic mass is 10.1. The Morgan fingerprint density at radius 1 is 1.41 bits per heavy atom. The van der Waals surface area contributed by atoms with Crippen molar-refractivity contribution in [2.75, 3.05) is 0 Å². The van der Waals surface area contributed by atoms with Crippen LogP contribution >= 0.6 is 11.6 Å². The molecule has 1 heterocycles. The van der Waals surface area contributed by atoms with Gasteiger partial charge in [0.1, 0.15) is 0 Å². The van der Waals surface area contributed by atoms with Gasteiger partial charge in [0.15, 0.2) is 0 Å². The number of hydrogen-bond acceptors (Lipinski definition) is 3. The van der Waals surface area contributed by atoms with Gasteiger partial charge < -0.3 is 0 Å². The van der Waals surface area contributed by atoms with Crippen LogP contribution in [-0.2, 0) is 9.59 Å². The highest BCUT2D eigenvalue weighted by molar-refractivity contribution is 6.31. The van der Waals surface area contributed by atoms with E-state index in [9.17, 15) is 9.59 Å². The zero-order chi connectivity index (χ0) is 12.4. The van der Waals surface area contributed by atoms with E-state index in [1.807, 2.05) is 25.1 Å². The van der Waals surface area contributed by atoms with Gasteiger partial charge in [-0.05, 0) is 18.6 Å². The lowest BCUT2D eigenvalue weighted by molar-refractivity contribution is -0.125. The summed E-state index contributed by atoms with van der Waals surface area (Å²) in [5.74, 6) is -0.507. The summed E-state index contributed by atoms with van der Waals surface area (Å²) in [5.41, 5.74) is 0.918. The highest BCUT2D eigenvalue weighted by Gasteiger charge is 2.31. The number of amides is 2. The van der Waals surface area contributed by atoms with Crippen LogP contribution in [-0.4, -0.2) is 17.9 Å². The van der Waals surface area contributed by atoms with Crippen LogP contribution in [0.2, 0.25) is 5.02 Å². The number of nitrogens with one attached hydrogen (secondary N) is 2. The molecular formula is C12H13ClN2O2. The second-order valence-corrected chi connectivity index (χ2v) is 4.49. The first-order valence-corrected chi connectivity index (χ1v) is 5.80. The van der Waals surface area contributed by atoms with Crippen molar-refractivity contribution in [3.63, 3.8) is 0 Å². The zero-order valence-electron chi connectivity index (χ0n) is 9.37. The minimum atomic E-state index is -0.464. The number of rotatable bonds is 3. The van der Waals surface area contributed by atoms with E-state index in [2.05, 4.69) is 10.6 Å². The average molecular weight is 253 g/mol. The van der Waals surface area contributed by atoms with E-state index in [4.69, 9.17) is 11.6 Å². The largest absolute Gasteiger partial charge is 0.299 e. The Hall–Kier alpha value is -1.39. The zero-order valence-corrected chi connectivity index (χ0v) is 10.1. The molecular weight excluding hydrogens is 240 g/mol. The maximum Gasteiger partial charge on any atom is 0.244 e. The van der Waals surface area contributed by atoms with Gasteiger partial charge in [-0.1, -0.05) is 29.8 Å². The summed E-state index contributed by atoms with van der Waals surface area (Å²) >= 11 is 6.06. The molecule has 1 aromatic rings. The monoisotopic (exact) mass is 252 g/mol. The molecule has 0 bridgehead atoms. The lowest BCUT2D eigenvalue weighted by Gasteiger charge is -2.18. The fraction of sp³-hybridized carbons (Fsp3) is 0.333. The Bertz CT molecular complexity index is 462. The van der Waals surface area contributed by atoms with E-state index >= 15 is 0 Å². The van der Waals surface area contributed by atoms with Crippen LogP contribution < -0.4 is 10.6 Å². The van der Waals surface area contributed by atoms with E-state index < -0.39 is 6.04 Å². The maximum atomic E-state index is 11.4. The fourth-order valence-corrected chi connectivity index (χ4v) is 2.21. The highest BCUT2D eigenvalue weighted by Crippen LogP contribution is 2.23. The molecule has 0 spiro atoms. The van der Waals surface area contributed by atoms with Crippen molar-refractivity contribution in [1.29, 1.82) is 0 Å². The van der Waals surface area contributed by atoms with Gasteiger partial charge in [0.25, 0.3) is 0 Å². The van der Waals surface area contributed by atoms with Gasteiger partial charge in [0.05, 0.1) is 12.5 Å². The van der Waals surface area contributed by atoms with Gasteiger partial charge in [0, 0.05) is 11.1 Å². The summed E-state index contributed by atoms with van der Waals surface area (Å²) in [6.45, 7) is 1.91. The number of hydrogen-bond donors (Lipinski definition) is 2. The Labute approximate surface area is 104 Å². The van der Waals surface area contributed by atoms with Gasteiger partial charge in [-0.2, -0.15) is 0 Å². The van der Waals surface area contributed by atoms with Gasteiger partial charge >= 0.3 is 0 Å². The van der Waals surface area contributed by atoms with Crippen molar-refractivity contribution in [3.05, 3.63) is 34.9 Å². The first kappa shape index (κ1) is 12.1. The Kier molecular flexibility index (Phi) is 3.45. The fourth-order valence-electron chi connectivity index (χ4n) is 1.91. The number of carbonyl (C=O) groups excluding carboxylic acids is 2. The van der Waals surface area contributed by atoms with Crippen LogP contribution in [0.15, 0.2) is 24.3 Å². The highest BCUT2D eigenvalue weighted by atomic mass is 35.5. The first-order chi connectivity index (χ1) is 8.08. The Morgan fingerprint density at radius 2 is 2.12 bits per heavy atom. The molecule has 1 saturated heterocycles. The van der Waals surface area contributed by atoms with Crippen molar-refractivity contribution in [3.8, 4) is 0 Å². The van der Waals surface area contributed by atoms with E-state index in [-0.39, 0.29) is 24.3 Å². The Balaban J connectivity index is 2.07. The van der Waals surface area contributed by atoms with Gasteiger partial charge in [0.2, 0.25) is 11.8 Å². The molecule has 1 aromatic carbocycles. The summed E-state index contributed by atoms with van der Waals surface area (Å²) in [6.07, 6.45) is 0.188. The molecule has 5 heteroatoms. The van der Waals surface area contributed by atoms with Crippen LogP contribution in [0, 0.1) is 0 Å². The predicted octanol–water partition coefficient (Wildman–Crippen LogP) is 1.41. The molecule has 0 aromatic heterocycles. The van der Waals surface area contributed by atoms with Crippen LogP contribution in [0.25, 0.3) is 0 Å². The van der Waals surface area contributed by atoms with E-state index in [1.54, 1.807) is 6.07 Å². The predicted molar refractivity (Wildman–Crippen MR) is 64.6 cm³/mol. The third kappa shape index (κ3) is 2.65. The van der Waals surface area contributed by atoms with Crippen molar-refractivity contribution < 1.29 is 9.59 Å². The molecule has 1 aliphatic heterocycles. The molecule has 0 saturated carbocycles. The first-order valence-electron chi connectivity index (χ1n) is 5.42. The van der Waals surface area contributed by atoms with Crippen molar-refractivity contribution in [1.82, 2.24) is 10.6 Å². The quantitative estimate of drug-likeness (QED) is 0.800. The van der Waals surface area contributed by atoms with Crippen LogP contribution in [0.3, 0.4) is 0 Å². The minimum Gasteiger partial charge on any atom is -0.299 e. The second-order valence-electron chi connectivity index (χ2n) is 4.08. The molecule has 2 N–H and O–H groups in total. The van der Waals surface area contributed by atoms with Crippen LogP contribution in [0.4, 0.5) is 0 Å². The molecule has 1 fully saturated rings. The van der Waals surface area contributed by atoms with Gasteiger partial charge in [-0.3, -0.25) is 20.2 Å². The molecule has 2 rings (SSSR count). The number of imide groups is 1. The summed E-state index contributed by atoms with van der Waals surface area (Å²) in [7, 11) is 0. The van der Waals surface area contributed by atoms with E-state index in [0.717, 1.165) is 5.56 Å². The molecule has 1 unspecified atom stereocenters. The molecule has 17 heavy (non-hydrogen) atoms. The van der Waals surface area contributed by atoms with Crippen LogP contribution in [0.5, 0.6) is 0 Å². The maximum absolute atomic E-state index is 11.4. The molecule has 4 nitrogen and oxygen atoms in total. The number of carbonyl (C=O) groups is 2. The third-order valence-corrected chi connectivity index (χ3v) is 3.14. The van der Waals surface area contributed by atoms with Gasteiger partial charge in [-0.25, -0.2) is 0 Å². The molecule has 90 valence electrons. The summed E-state index contributed by atoms with van der Waals surface area (Å²) in [4.78, 5) is 22.5. The van der Waals surface area contributed by atoms with E-state index in [0.29, 0.717) is 5.02 Å². The van der Waals surface area contributed by atoms with Crippen LogP contribution in [0.1, 0.15) is 24.9 Å². The van der Waals surface area contributed by atoms with Gasteiger partial charge in [-0.15, -0.1) is 0 Å². The minimum absolute atomic E-state index is 0.0784. The summed E-state index contributed by atoms with van der Waals surface area (Å²) in [6, 6.07) is 6.90. The number of halogens is 1. The van der Waals surface area contributed by atoms with Crippen molar-refractivity contribution in [2.24, 2.45) is 0 Å². The third-order valence-electron chi connectivity index (χ3n) is 2.79. The summed E-state index contributed by atoms with van der Waals surface area (Å²) in [5, 5.41) is 6.01. The van der Waals surface area contributed by atoms with Crippen molar-refractivity contribution >= 4 is 23.4 Å². The molecule has 1 aliphatic rings. The molecule has 2 amide bonds. The average Bonchev–Trinajstić information content (AvgIpc) is 2.58. The standard InChI is InChI=1S/C12H13ClN2O2/c1-7(8-4-2-3-5-9(8)13)14-10-6-11(16)15-12(10)17/h2-5,7,10,14H,6H2,1H3,(H,15,16,17)/t7-,10?/m1/s1. The second kappa shape index (κ2) is 4.85. The smallest absolute Gasteiger partial charge is 0.244 e. The normalized spacial score (nSPS) is 21.4. The lowest BCUT2D eigenvalue weighted by Crippen LogP contribution is -2.37. The molecule has 0 radical (unpaired) electrons. The van der Waals surface area contributed by atoms with E-state index in [1.165, 1.54) is 0 Å². The topological polar surface area (TPSA) is 58.2 Å². The summed E-state index contributed by atoms with van der Waals surface area (Å²) < 4.78 is 0. The Morgan fingerprint density at radius 3 is 2.71 bits per heavy atom. The van der Waals surface area contributed by atoms with Crippen molar-refractivity contribution in [2.45, 2.75) is 25.4 Å². The SMILES string of the molecule is C[C@@H](NC1CC(=O)NC1=O)c1ccccc1Cl. The molecule has 0 aliphatic carbocycles. The molecule has 2 atom stereocenters. The number of benzene rings is 1.